The number of allylic oxidation sites excluding steroid dienone is 3. The van der Waals surface area contributed by atoms with E-state index in [2.05, 4.69) is 10.3 Å². The molecule has 1 amide bonds. The molecule has 1 aromatic carbocycles. The van der Waals surface area contributed by atoms with Crippen LogP contribution in [-0.2, 0) is 4.79 Å². The number of alkyl halides is 3. The highest BCUT2D eigenvalue weighted by atomic mass is 35.5. The van der Waals surface area contributed by atoms with E-state index in [9.17, 15) is 27.9 Å². The average Bonchev–Trinajstić information content (AvgIpc) is 2.85. The number of amides is 1. The second kappa shape index (κ2) is 14.8. The molecule has 1 aliphatic carbocycles. The summed E-state index contributed by atoms with van der Waals surface area (Å²) in [7, 11) is 0. The van der Waals surface area contributed by atoms with Crippen molar-refractivity contribution in [1.82, 2.24) is 10.3 Å². The monoisotopic (exact) mass is 574 g/mol. The molecule has 0 aliphatic heterocycles. The van der Waals surface area contributed by atoms with Gasteiger partial charge in [0.25, 0.3) is 5.91 Å². The number of aliphatic hydroxyl groups excluding tert-OH is 1. The van der Waals surface area contributed by atoms with E-state index in [-0.39, 0.29) is 33.1 Å². The minimum absolute atomic E-state index is 0.119. The summed E-state index contributed by atoms with van der Waals surface area (Å²) in [6.45, 7) is 0.292. The highest BCUT2D eigenvalue weighted by molar-refractivity contribution is 6.42. The molecule has 7 nitrogen and oxygen atoms in total. The number of nitrogens with zero attached hydrogens (tertiary/aromatic N) is 1. The smallest absolute Gasteiger partial charge is 0.422 e. The number of aliphatic carboxylic acids is 1. The molecular weight excluding hydrogens is 548 g/mol. The van der Waals surface area contributed by atoms with Crippen LogP contribution in [0.1, 0.15) is 43.0 Å². The van der Waals surface area contributed by atoms with Gasteiger partial charge in [-0.3, -0.25) is 4.79 Å². The standard InChI is InChI=1S/C20H19Cl2F3N2O3.C6H8O2/c21-14-6-5-11(8-15(14)22)13-7-12(9-26-19(13)30-10-20(23,24)25)18(29)27-16-3-1-2-4-17(16)28;1-2-3-4-5-6(7)8/h5-9,16-17,28H,1-4,10H2,(H,27,29);2-5H,1H3,(H,7,8)/b;3-2+,5-4+/t16-,17-;/m1./s1. The lowest BCUT2D eigenvalue weighted by Gasteiger charge is -2.28. The number of aromatic nitrogens is 1. The Balaban J connectivity index is 0.000000550. The number of nitrogens with one attached hydrogen (secondary N) is 1. The number of hydrogen-bond donors (Lipinski definition) is 3. The molecule has 3 rings (SSSR count). The van der Waals surface area contributed by atoms with Gasteiger partial charge < -0.3 is 20.3 Å². The van der Waals surface area contributed by atoms with E-state index in [1.807, 2.05) is 6.92 Å². The van der Waals surface area contributed by atoms with Crippen LogP contribution in [0.15, 0.2) is 54.8 Å². The topological polar surface area (TPSA) is 109 Å². The van der Waals surface area contributed by atoms with Gasteiger partial charge >= 0.3 is 12.1 Å². The lowest BCUT2D eigenvalue weighted by atomic mass is 9.92. The van der Waals surface area contributed by atoms with E-state index in [0.717, 1.165) is 25.1 Å². The van der Waals surface area contributed by atoms with Crippen LogP contribution in [0.4, 0.5) is 13.2 Å². The van der Waals surface area contributed by atoms with Crippen molar-refractivity contribution in [3.8, 4) is 17.0 Å². The van der Waals surface area contributed by atoms with Crippen molar-refractivity contribution < 1.29 is 37.7 Å². The van der Waals surface area contributed by atoms with Gasteiger partial charge in [0, 0.05) is 17.8 Å². The average molecular weight is 575 g/mol. The summed E-state index contributed by atoms with van der Waals surface area (Å²) in [6.07, 6.45) is 4.95. The van der Waals surface area contributed by atoms with Crippen LogP contribution >= 0.6 is 23.2 Å². The molecule has 1 fully saturated rings. The molecule has 0 radical (unpaired) electrons. The number of carbonyl (C=O) groups excluding carboxylic acids is 1. The number of rotatable bonds is 7. The molecule has 1 heterocycles. The third-order valence-electron chi connectivity index (χ3n) is 5.30. The van der Waals surface area contributed by atoms with Crippen molar-refractivity contribution in [2.45, 2.75) is 50.9 Å². The third-order valence-corrected chi connectivity index (χ3v) is 6.04. The highest BCUT2D eigenvalue weighted by Gasteiger charge is 2.30. The molecule has 38 heavy (non-hydrogen) atoms. The quantitative estimate of drug-likeness (QED) is 0.267. The summed E-state index contributed by atoms with van der Waals surface area (Å²) in [5.41, 5.74) is 0.671. The van der Waals surface area contributed by atoms with Gasteiger partial charge in [-0.2, -0.15) is 13.2 Å². The van der Waals surface area contributed by atoms with E-state index in [0.29, 0.717) is 18.4 Å². The van der Waals surface area contributed by atoms with E-state index in [1.54, 1.807) is 12.2 Å². The summed E-state index contributed by atoms with van der Waals surface area (Å²) in [5.74, 6) is -1.69. The molecule has 3 N–H and O–H groups in total. The van der Waals surface area contributed by atoms with Crippen molar-refractivity contribution >= 4 is 35.1 Å². The SMILES string of the molecule is C/C=C/C=C/C(=O)O.O=C(N[C@@H]1CCCC[C@H]1O)c1cnc(OCC(F)(F)F)c(-c2ccc(Cl)c(Cl)c2)c1. The minimum Gasteiger partial charge on any atom is -0.478 e. The first-order valence-corrected chi connectivity index (χ1v) is 12.3. The molecule has 0 spiro atoms. The predicted molar refractivity (Wildman–Crippen MR) is 139 cm³/mol. The van der Waals surface area contributed by atoms with Gasteiger partial charge in [-0.1, -0.05) is 60.3 Å². The number of hydrogen-bond acceptors (Lipinski definition) is 5. The van der Waals surface area contributed by atoms with E-state index < -0.39 is 30.8 Å². The molecule has 0 unspecified atom stereocenters. The molecule has 1 saturated carbocycles. The largest absolute Gasteiger partial charge is 0.478 e. The van der Waals surface area contributed by atoms with Crippen molar-refractivity contribution in [1.29, 1.82) is 0 Å². The van der Waals surface area contributed by atoms with E-state index in [4.69, 9.17) is 33.0 Å². The van der Waals surface area contributed by atoms with Gasteiger partial charge in [-0.05, 0) is 43.5 Å². The number of halogens is 5. The molecule has 2 atom stereocenters. The van der Waals surface area contributed by atoms with Crippen LogP contribution in [0.3, 0.4) is 0 Å². The fourth-order valence-electron chi connectivity index (χ4n) is 3.49. The first-order chi connectivity index (χ1) is 17.9. The van der Waals surface area contributed by atoms with Gasteiger partial charge in [0.1, 0.15) is 0 Å². The molecule has 0 saturated heterocycles. The maximum atomic E-state index is 12.7. The zero-order chi connectivity index (χ0) is 28.3. The zero-order valence-corrected chi connectivity index (χ0v) is 21.9. The Kier molecular flexibility index (Phi) is 12.1. The van der Waals surface area contributed by atoms with Crippen molar-refractivity contribution in [3.63, 3.8) is 0 Å². The van der Waals surface area contributed by atoms with E-state index in [1.165, 1.54) is 30.3 Å². The summed E-state index contributed by atoms with van der Waals surface area (Å²) >= 11 is 12.0. The molecular formula is C26H27Cl2F3N2O5. The number of aliphatic hydroxyl groups is 1. The van der Waals surface area contributed by atoms with Crippen LogP contribution in [0, 0.1) is 0 Å². The zero-order valence-electron chi connectivity index (χ0n) is 20.3. The lowest BCUT2D eigenvalue weighted by molar-refractivity contribution is -0.154. The maximum Gasteiger partial charge on any atom is 0.422 e. The Morgan fingerprint density at radius 2 is 1.87 bits per heavy atom. The molecule has 206 valence electrons. The van der Waals surface area contributed by atoms with Crippen LogP contribution < -0.4 is 10.1 Å². The van der Waals surface area contributed by atoms with Gasteiger partial charge in [0.05, 0.1) is 27.8 Å². The second-order valence-electron chi connectivity index (χ2n) is 8.26. The van der Waals surface area contributed by atoms with Crippen molar-refractivity contribution in [3.05, 3.63) is 70.4 Å². The highest BCUT2D eigenvalue weighted by Crippen LogP contribution is 2.34. The summed E-state index contributed by atoms with van der Waals surface area (Å²) in [6, 6.07) is 5.47. The fraction of sp³-hybridized carbons (Fsp3) is 0.346. The Morgan fingerprint density at radius 3 is 2.47 bits per heavy atom. The third kappa shape index (κ3) is 10.4. The molecule has 12 heteroatoms. The van der Waals surface area contributed by atoms with Gasteiger partial charge in [0.2, 0.25) is 5.88 Å². The molecule has 1 aromatic heterocycles. The number of carboxylic acid groups (broad SMARTS) is 1. The number of benzene rings is 1. The van der Waals surface area contributed by atoms with Gasteiger partial charge in [-0.15, -0.1) is 0 Å². The summed E-state index contributed by atoms with van der Waals surface area (Å²) in [5, 5.41) is 21.3. The van der Waals surface area contributed by atoms with Gasteiger partial charge in [-0.25, -0.2) is 9.78 Å². The normalized spacial score (nSPS) is 17.7. The van der Waals surface area contributed by atoms with Crippen molar-refractivity contribution in [2.24, 2.45) is 0 Å². The Hall–Kier alpha value is -3.08. The number of ether oxygens (including phenoxy) is 1. The molecule has 0 bridgehead atoms. The first-order valence-electron chi connectivity index (χ1n) is 11.6. The van der Waals surface area contributed by atoms with Crippen LogP contribution in [0.2, 0.25) is 10.0 Å². The Labute approximate surface area is 227 Å². The number of pyridine rings is 1. The molecule has 1 aliphatic rings. The second-order valence-corrected chi connectivity index (χ2v) is 9.08. The number of carbonyl (C=O) groups is 2. The number of carboxylic acids is 1. The predicted octanol–water partition coefficient (Wildman–Crippen LogP) is 6.23. The van der Waals surface area contributed by atoms with E-state index >= 15 is 0 Å². The van der Waals surface area contributed by atoms with Crippen molar-refractivity contribution in [2.75, 3.05) is 6.61 Å². The lowest BCUT2D eigenvalue weighted by Crippen LogP contribution is -2.45. The van der Waals surface area contributed by atoms with Crippen LogP contribution in [0.5, 0.6) is 5.88 Å². The Bertz CT molecular complexity index is 1170. The fourth-order valence-corrected chi connectivity index (χ4v) is 3.79. The summed E-state index contributed by atoms with van der Waals surface area (Å²) in [4.78, 5) is 26.3. The van der Waals surface area contributed by atoms with Crippen LogP contribution in [-0.4, -0.2) is 52.0 Å². The summed E-state index contributed by atoms with van der Waals surface area (Å²) < 4.78 is 42.7. The maximum absolute atomic E-state index is 12.7. The minimum atomic E-state index is -4.55. The Morgan fingerprint density at radius 1 is 1.16 bits per heavy atom. The van der Waals surface area contributed by atoms with Crippen LogP contribution in [0.25, 0.3) is 11.1 Å². The van der Waals surface area contributed by atoms with Gasteiger partial charge in [0.15, 0.2) is 6.61 Å². The first kappa shape index (κ1) is 31.1. The molecule has 2 aromatic rings.